The number of hydrogen-bond donors (Lipinski definition) is 5. The van der Waals surface area contributed by atoms with Crippen molar-refractivity contribution < 1.29 is 25.9 Å². The topological polar surface area (TPSA) is 124 Å². The van der Waals surface area contributed by atoms with Crippen LogP contribution in [-0.4, -0.2) is 32.4 Å². The Hall–Kier alpha value is -1.96. The number of nitrogens with one attached hydrogen (secondary N) is 1. The molecular weight excluding hydrogens is 354 g/mol. The first kappa shape index (κ1) is 18.1. The molecule has 1 aliphatic rings. The number of hydrogen-bond acceptors (Lipinski definition) is 5. The second-order valence-corrected chi connectivity index (χ2v) is 4.93. The van der Waals surface area contributed by atoms with Gasteiger partial charge in [0.1, 0.15) is 0 Å². The maximum absolute atomic E-state index is 9.93. The summed E-state index contributed by atoms with van der Waals surface area (Å²) in [5.41, 5.74) is 2.40. The molecule has 0 fully saturated rings. The zero-order chi connectivity index (χ0) is 14.3. The van der Waals surface area contributed by atoms with Gasteiger partial charge >= 0.3 is 0 Å². The SMILES string of the molecule is Br.O.Oc1ccc([C@H]2CNCc3c2ccc(O)c3O)cc1O. The van der Waals surface area contributed by atoms with Gasteiger partial charge in [0.05, 0.1) is 0 Å². The smallest absolute Gasteiger partial charge is 0.162 e. The summed E-state index contributed by atoms with van der Waals surface area (Å²) in [5.74, 6) is -0.636. The fourth-order valence-corrected chi connectivity index (χ4v) is 2.66. The van der Waals surface area contributed by atoms with Crippen molar-refractivity contribution in [1.29, 1.82) is 0 Å². The first-order chi connectivity index (χ1) is 9.58. The highest BCUT2D eigenvalue weighted by Gasteiger charge is 2.25. The molecule has 0 aromatic heterocycles. The van der Waals surface area contributed by atoms with Crippen LogP contribution >= 0.6 is 17.0 Å². The minimum Gasteiger partial charge on any atom is -0.504 e. The van der Waals surface area contributed by atoms with Crippen LogP contribution in [-0.2, 0) is 6.54 Å². The van der Waals surface area contributed by atoms with Gasteiger partial charge < -0.3 is 31.2 Å². The molecule has 1 atom stereocenters. The summed E-state index contributed by atoms with van der Waals surface area (Å²) in [7, 11) is 0. The lowest BCUT2D eigenvalue weighted by molar-refractivity contribution is 0.392. The van der Waals surface area contributed by atoms with E-state index in [-0.39, 0.29) is 51.4 Å². The van der Waals surface area contributed by atoms with Crippen molar-refractivity contribution in [1.82, 2.24) is 5.32 Å². The van der Waals surface area contributed by atoms with Crippen LogP contribution in [0.15, 0.2) is 30.3 Å². The van der Waals surface area contributed by atoms with Crippen LogP contribution < -0.4 is 5.32 Å². The van der Waals surface area contributed by atoms with E-state index in [1.165, 1.54) is 18.2 Å². The second-order valence-electron chi connectivity index (χ2n) is 4.93. The van der Waals surface area contributed by atoms with Gasteiger partial charge in [-0.25, -0.2) is 0 Å². The molecule has 22 heavy (non-hydrogen) atoms. The Kier molecular flexibility index (Phi) is 5.65. The van der Waals surface area contributed by atoms with Gasteiger partial charge in [-0.3, -0.25) is 0 Å². The lowest BCUT2D eigenvalue weighted by Gasteiger charge is -2.27. The van der Waals surface area contributed by atoms with E-state index < -0.39 is 0 Å². The Balaban J connectivity index is 0.00000121. The Morgan fingerprint density at radius 3 is 2.27 bits per heavy atom. The molecule has 0 aliphatic carbocycles. The van der Waals surface area contributed by atoms with E-state index in [4.69, 9.17) is 0 Å². The number of phenolic OH excluding ortho intramolecular Hbond substituents is 4. The summed E-state index contributed by atoms with van der Waals surface area (Å²) in [5, 5.41) is 41.7. The van der Waals surface area contributed by atoms with E-state index >= 15 is 0 Å². The van der Waals surface area contributed by atoms with Gasteiger partial charge in [-0.2, -0.15) is 0 Å². The molecule has 120 valence electrons. The average Bonchev–Trinajstić information content (AvgIpc) is 2.45. The lowest BCUT2D eigenvalue weighted by Crippen LogP contribution is -2.28. The van der Waals surface area contributed by atoms with E-state index in [0.717, 1.165) is 11.1 Å². The first-order valence-electron chi connectivity index (χ1n) is 6.34. The highest BCUT2D eigenvalue weighted by Crippen LogP contribution is 2.40. The van der Waals surface area contributed by atoms with Crippen LogP contribution in [0.4, 0.5) is 0 Å². The van der Waals surface area contributed by atoms with Crippen molar-refractivity contribution in [3.05, 3.63) is 47.0 Å². The van der Waals surface area contributed by atoms with E-state index in [0.29, 0.717) is 18.7 Å². The Labute approximate surface area is 137 Å². The molecule has 2 aromatic carbocycles. The molecule has 0 saturated carbocycles. The third-order valence-electron chi connectivity index (χ3n) is 3.73. The van der Waals surface area contributed by atoms with Crippen LogP contribution in [0.25, 0.3) is 0 Å². The molecule has 7 N–H and O–H groups in total. The van der Waals surface area contributed by atoms with Crippen molar-refractivity contribution in [2.45, 2.75) is 12.5 Å². The Bertz CT molecular complexity index is 677. The molecule has 0 spiro atoms. The van der Waals surface area contributed by atoms with E-state index in [2.05, 4.69) is 5.32 Å². The number of aromatic hydroxyl groups is 4. The quantitative estimate of drug-likeness (QED) is 0.485. The average molecular weight is 372 g/mol. The molecule has 7 heteroatoms. The number of halogens is 1. The molecule has 0 amide bonds. The summed E-state index contributed by atoms with van der Waals surface area (Å²) >= 11 is 0. The van der Waals surface area contributed by atoms with Crippen molar-refractivity contribution >= 4 is 17.0 Å². The third-order valence-corrected chi connectivity index (χ3v) is 3.73. The molecule has 0 unspecified atom stereocenters. The second kappa shape index (κ2) is 6.87. The van der Waals surface area contributed by atoms with E-state index in [1.54, 1.807) is 12.1 Å². The number of rotatable bonds is 1. The predicted octanol–water partition coefficient (Wildman–Crippen LogP) is 1.50. The minimum atomic E-state index is -0.169. The monoisotopic (exact) mass is 371 g/mol. The first-order valence-corrected chi connectivity index (χ1v) is 6.34. The third kappa shape index (κ3) is 2.96. The molecule has 2 aromatic rings. The van der Waals surface area contributed by atoms with Crippen molar-refractivity contribution in [2.24, 2.45) is 0 Å². The number of benzene rings is 2. The molecule has 1 aliphatic heterocycles. The molecule has 0 bridgehead atoms. The fraction of sp³-hybridized carbons (Fsp3) is 0.200. The molecule has 6 nitrogen and oxygen atoms in total. The van der Waals surface area contributed by atoms with Crippen LogP contribution in [0.5, 0.6) is 23.0 Å². The van der Waals surface area contributed by atoms with Crippen molar-refractivity contribution in [2.75, 3.05) is 6.54 Å². The maximum Gasteiger partial charge on any atom is 0.162 e. The van der Waals surface area contributed by atoms with Gasteiger partial charge in [0.25, 0.3) is 0 Å². The van der Waals surface area contributed by atoms with Crippen LogP contribution in [0, 0.1) is 0 Å². The number of fused-ring (bicyclic) bond motifs is 1. The van der Waals surface area contributed by atoms with Crippen LogP contribution in [0.1, 0.15) is 22.6 Å². The summed E-state index contributed by atoms with van der Waals surface area (Å²) < 4.78 is 0. The van der Waals surface area contributed by atoms with E-state index in [9.17, 15) is 20.4 Å². The standard InChI is InChI=1S/C15H15NO4.BrH.H2O/c17-12-3-1-8(5-14(12)19)10-6-16-7-11-9(10)2-4-13(18)15(11)20;;/h1-5,10,16-20H,6-7H2;1H;1H2/t10-;;/m1../s1. The summed E-state index contributed by atoms with van der Waals surface area (Å²) in [6, 6.07) is 7.94. The van der Waals surface area contributed by atoms with E-state index in [1.807, 2.05) is 0 Å². The van der Waals surface area contributed by atoms with Crippen molar-refractivity contribution in [3.8, 4) is 23.0 Å². The maximum atomic E-state index is 9.93. The zero-order valence-corrected chi connectivity index (χ0v) is 13.3. The molecule has 1 heterocycles. The summed E-state index contributed by atoms with van der Waals surface area (Å²) in [6.45, 7) is 1.14. The van der Waals surface area contributed by atoms with Gasteiger partial charge in [-0.1, -0.05) is 12.1 Å². The van der Waals surface area contributed by atoms with Crippen LogP contribution in [0.3, 0.4) is 0 Å². The highest BCUT2D eigenvalue weighted by atomic mass is 79.9. The molecule has 0 saturated heterocycles. The van der Waals surface area contributed by atoms with Crippen molar-refractivity contribution in [3.63, 3.8) is 0 Å². The highest BCUT2D eigenvalue weighted by molar-refractivity contribution is 8.93. The summed E-state index contributed by atoms with van der Waals surface area (Å²) in [6.07, 6.45) is 0. The van der Waals surface area contributed by atoms with Gasteiger partial charge in [0.15, 0.2) is 23.0 Å². The normalized spacial score (nSPS) is 16.1. The number of phenols is 4. The molecule has 0 radical (unpaired) electrons. The summed E-state index contributed by atoms with van der Waals surface area (Å²) in [4.78, 5) is 0. The van der Waals surface area contributed by atoms with Gasteiger partial charge in [-0.05, 0) is 29.3 Å². The van der Waals surface area contributed by atoms with Gasteiger partial charge in [0.2, 0.25) is 0 Å². The van der Waals surface area contributed by atoms with Crippen LogP contribution in [0.2, 0.25) is 0 Å². The van der Waals surface area contributed by atoms with Gasteiger partial charge in [0, 0.05) is 24.6 Å². The van der Waals surface area contributed by atoms with Gasteiger partial charge in [-0.15, -0.1) is 17.0 Å². The molecule has 3 rings (SSSR count). The minimum absolute atomic E-state index is 0. The predicted molar refractivity (Wildman–Crippen MR) is 87.0 cm³/mol. The lowest BCUT2D eigenvalue weighted by atomic mass is 9.85. The zero-order valence-electron chi connectivity index (χ0n) is 11.6. The Morgan fingerprint density at radius 2 is 1.59 bits per heavy atom. The fourth-order valence-electron chi connectivity index (χ4n) is 2.66. The largest absolute Gasteiger partial charge is 0.504 e. The molecular formula is C15H18BrNO5. The Morgan fingerprint density at radius 1 is 0.909 bits per heavy atom.